The fraction of sp³-hybridized carbons (Fsp3) is 0.158. The second-order valence-electron chi connectivity index (χ2n) is 5.66. The molecular formula is C19H16O. The second-order valence-corrected chi connectivity index (χ2v) is 5.66. The largest absolute Gasteiger partial charge is 0.508 e. The van der Waals surface area contributed by atoms with Crippen LogP contribution in [0.1, 0.15) is 24.0 Å². The van der Waals surface area contributed by atoms with Gasteiger partial charge in [0.25, 0.3) is 0 Å². The summed E-state index contributed by atoms with van der Waals surface area (Å²) in [6, 6.07) is 18.8. The van der Waals surface area contributed by atoms with E-state index in [-0.39, 0.29) is 0 Å². The maximum absolute atomic E-state index is 10.4. The molecule has 0 aliphatic heterocycles. The van der Waals surface area contributed by atoms with Crippen LogP contribution in [0.15, 0.2) is 54.6 Å². The minimum atomic E-state index is 0.431. The lowest BCUT2D eigenvalue weighted by Gasteiger charge is -2.27. The highest BCUT2D eigenvalue weighted by Crippen LogP contribution is 2.46. The van der Waals surface area contributed by atoms with Crippen LogP contribution in [-0.2, 0) is 6.42 Å². The van der Waals surface area contributed by atoms with Crippen molar-refractivity contribution in [3.05, 3.63) is 65.7 Å². The molecule has 0 spiro atoms. The lowest BCUT2D eigenvalue weighted by Crippen LogP contribution is -2.09. The van der Waals surface area contributed by atoms with Crippen molar-refractivity contribution in [2.45, 2.75) is 19.3 Å². The zero-order valence-corrected chi connectivity index (χ0v) is 11.4. The summed E-state index contributed by atoms with van der Waals surface area (Å²) in [5, 5.41) is 12.7. The van der Waals surface area contributed by atoms with E-state index in [1.54, 1.807) is 0 Å². The zero-order chi connectivity index (χ0) is 13.7. The van der Waals surface area contributed by atoms with Crippen molar-refractivity contribution >= 4 is 10.8 Å². The molecule has 0 fully saturated rings. The first kappa shape index (κ1) is 11.5. The molecule has 1 nitrogen and oxygen atoms in total. The first-order valence-corrected chi connectivity index (χ1v) is 7.08. The molecule has 1 unspecified atom stereocenters. The molecule has 3 aromatic carbocycles. The third kappa shape index (κ3) is 1.50. The van der Waals surface area contributed by atoms with Crippen molar-refractivity contribution in [2.75, 3.05) is 0 Å². The number of hydrogen-bond donors (Lipinski definition) is 1. The van der Waals surface area contributed by atoms with Gasteiger partial charge in [0, 0.05) is 5.56 Å². The van der Waals surface area contributed by atoms with Crippen molar-refractivity contribution < 1.29 is 5.11 Å². The Morgan fingerprint density at radius 1 is 1.00 bits per heavy atom. The summed E-state index contributed by atoms with van der Waals surface area (Å²) >= 11 is 0. The number of hydrogen-bond acceptors (Lipinski definition) is 1. The Bertz CT molecular complexity index is 817. The van der Waals surface area contributed by atoms with Gasteiger partial charge in [0.2, 0.25) is 0 Å². The monoisotopic (exact) mass is 260 g/mol. The van der Waals surface area contributed by atoms with Crippen LogP contribution in [0.5, 0.6) is 5.75 Å². The topological polar surface area (TPSA) is 20.2 Å². The maximum atomic E-state index is 10.4. The Labute approximate surface area is 118 Å². The summed E-state index contributed by atoms with van der Waals surface area (Å²) in [5.74, 6) is 0.880. The lowest BCUT2D eigenvalue weighted by molar-refractivity contribution is 0.466. The van der Waals surface area contributed by atoms with Crippen LogP contribution in [0.4, 0.5) is 0 Å². The molecule has 1 N–H and O–H groups in total. The van der Waals surface area contributed by atoms with Crippen LogP contribution >= 0.6 is 0 Å². The Balaban J connectivity index is 2.18. The fourth-order valence-corrected chi connectivity index (χ4v) is 3.46. The Hall–Kier alpha value is -2.28. The van der Waals surface area contributed by atoms with Gasteiger partial charge in [-0.25, -0.2) is 0 Å². The summed E-state index contributed by atoms with van der Waals surface area (Å²) in [4.78, 5) is 0. The number of benzene rings is 3. The van der Waals surface area contributed by atoms with Crippen molar-refractivity contribution in [3.8, 4) is 16.9 Å². The van der Waals surface area contributed by atoms with E-state index in [0.717, 1.165) is 17.4 Å². The van der Waals surface area contributed by atoms with Gasteiger partial charge >= 0.3 is 0 Å². The van der Waals surface area contributed by atoms with Gasteiger partial charge in [-0.3, -0.25) is 0 Å². The van der Waals surface area contributed by atoms with E-state index in [1.807, 2.05) is 12.1 Å². The van der Waals surface area contributed by atoms with Gasteiger partial charge in [0.1, 0.15) is 5.75 Å². The van der Waals surface area contributed by atoms with E-state index in [4.69, 9.17) is 0 Å². The average molecular weight is 260 g/mol. The molecule has 0 saturated carbocycles. The molecule has 0 saturated heterocycles. The summed E-state index contributed by atoms with van der Waals surface area (Å²) < 4.78 is 0. The second kappa shape index (κ2) is 4.11. The van der Waals surface area contributed by atoms with E-state index in [0.29, 0.717) is 11.7 Å². The van der Waals surface area contributed by atoms with Crippen LogP contribution in [0, 0.1) is 0 Å². The third-order valence-corrected chi connectivity index (χ3v) is 4.40. The minimum absolute atomic E-state index is 0.431. The van der Waals surface area contributed by atoms with Crippen molar-refractivity contribution in [3.63, 3.8) is 0 Å². The highest BCUT2D eigenvalue weighted by molar-refractivity contribution is 6.01. The first-order valence-electron chi connectivity index (χ1n) is 7.08. The third-order valence-electron chi connectivity index (χ3n) is 4.40. The molecule has 1 atom stereocenters. The molecule has 20 heavy (non-hydrogen) atoms. The van der Waals surface area contributed by atoms with Crippen LogP contribution in [0.2, 0.25) is 0 Å². The summed E-state index contributed by atoms with van der Waals surface area (Å²) in [5.41, 5.74) is 4.97. The van der Waals surface area contributed by atoms with Crippen molar-refractivity contribution in [1.82, 2.24) is 0 Å². The van der Waals surface area contributed by atoms with Gasteiger partial charge in [-0.15, -0.1) is 0 Å². The van der Waals surface area contributed by atoms with E-state index < -0.39 is 0 Å². The molecule has 0 aromatic heterocycles. The molecule has 0 heterocycles. The Morgan fingerprint density at radius 3 is 2.65 bits per heavy atom. The summed E-state index contributed by atoms with van der Waals surface area (Å²) in [7, 11) is 0. The minimum Gasteiger partial charge on any atom is -0.508 e. The normalized spacial score (nSPS) is 16.8. The molecule has 3 aromatic rings. The molecule has 98 valence electrons. The van der Waals surface area contributed by atoms with Gasteiger partial charge in [-0.05, 0) is 45.9 Å². The van der Waals surface area contributed by atoms with Gasteiger partial charge in [-0.2, -0.15) is 0 Å². The van der Waals surface area contributed by atoms with E-state index >= 15 is 0 Å². The SMILES string of the molecule is CC1Cc2c(O)cc3ccccc3c2-c2ccccc21. The molecule has 0 amide bonds. The lowest BCUT2D eigenvalue weighted by atomic mass is 9.77. The number of fused-ring (bicyclic) bond motifs is 5. The maximum Gasteiger partial charge on any atom is 0.120 e. The number of rotatable bonds is 0. The number of phenols is 1. The molecule has 1 aliphatic carbocycles. The summed E-state index contributed by atoms with van der Waals surface area (Å²) in [6.45, 7) is 2.23. The van der Waals surface area contributed by atoms with E-state index in [1.165, 1.54) is 22.1 Å². The Morgan fingerprint density at radius 2 is 1.75 bits per heavy atom. The first-order chi connectivity index (χ1) is 9.75. The highest BCUT2D eigenvalue weighted by Gasteiger charge is 2.25. The number of phenolic OH excluding ortho intramolecular Hbond substituents is 1. The van der Waals surface area contributed by atoms with Crippen LogP contribution in [0.3, 0.4) is 0 Å². The predicted molar refractivity (Wildman–Crippen MR) is 83.2 cm³/mol. The van der Waals surface area contributed by atoms with Crippen LogP contribution < -0.4 is 0 Å². The van der Waals surface area contributed by atoms with Crippen LogP contribution in [-0.4, -0.2) is 5.11 Å². The van der Waals surface area contributed by atoms with E-state index in [2.05, 4.69) is 49.4 Å². The van der Waals surface area contributed by atoms with Gasteiger partial charge < -0.3 is 5.11 Å². The van der Waals surface area contributed by atoms with E-state index in [9.17, 15) is 5.11 Å². The smallest absolute Gasteiger partial charge is 0.120 e. The predicted octanol–water partition coefficient (Wildman–Crippen LogP) is 4.87. The van der Waals surface area contributed by atoms with Gasteiger partial charge in [0.15, 0.2) is 0 Å². The molecule has 1 heteroatoms. The molecule has 4 rings (SSSR count). The zero-order valence-electron chi connectivity index (χ0n) is 11.4. The van der Waals surface area contributed by atoms with Crippen LogP contribution in [0.25, 0.3) is 21.9 Å². The summed E-state index contributed by atoms with van der Waals surface area (Å²) in [6.07, 6.45) is 0.906. The fourth-order valence-electron chi connectivity index (χ4n) is 3.46. The molecule has 0 bridgehead atoms. The van der Waals surface area contributed by atoms with Crippen molar-refractivity contribution in [1.29, 1.82) is 0 Å². The molecule has 1 aliphatic rings. The molecule has 0 radical (unpaired) electrons. The van der Waals surface area contributed by atoms with Gasteiger partial charge in [-0.1, -0.05) is 55.5 Å². The average Bonchev–Trinajstić information content (AvgIpc) is 2.48. The molecular weight excluding hydrogens is 244 g/mol. The highest BCUT2D eigenvalue weighted by atomic mass is 16.3. The Kier molecular flexibility index (Phi) is 2.37. The van der Waals surface area contributed by atoms with Gasteiger partial charge in [0.05, 0.1) is 0 Å². The van der Waals surface area contributed by atoms with Crippen molar-refractivity contribution in [2.24, 2.45) is 0 Å². The quantitative estimate of drug-likeness (QED) is 0.611. The standard InChI is InChI=1S/C19H16O/c1-12-10-17-18(20)11-13-6-2-3-8-15(13)19(17)16-9-5-4-7-14(12)16/h2-9,11-12,20H,10H2,1H3. The number of aromatic hydroxyl groups is 1.